The van der Waals surface area contributed by atoms with Crippen molar-refractivity contribution in [2.45, 2.75) is 6.92 Å². The van der Waals surface area contributed by atoms with Crippen LogP contribution in [0.3, 0.4) is 0 Å². The number of rotatable bonds is 4. The predicted octanol–water partition coefficient (Wildman–Crippen LogP) is 2.74. The summed E-state index contributed by atoms with van der Waals surface area (Å²) in [6.07, 6.45) is 4.53. The number of hydrogen-bond donors (Lipinski definition) is 1. The highest BCUT2D eigenvalue weighted by Gasteiger charge is 2.18. The molecule has 0 saturated heterocycles. The Kier molecular flexibility index (Phi) is 4.05. The van der Waals surface area contributed by atoms with E-state index >= 15 is 0 Å². The number of carbonyl (C=O) groups is 2. The van der Waals surface area contributed by atoms with Gasteiger partial charge in [0.2, 0.25) is 0 Å². The van der Waals surface area contributed by atoms with Crippen molar-refractivity contribution < 1.29 is 14.7 Å². The summed E-state index contributed by atoms with van der Waals surface area (Å²) < 4.78 is 0. The van der Waals surface area contributed by atoms with E-state index < -0.39 is 11.8 Å². The number of nitrogens with zero attached hydrogens (tertiary/aromatic N) is 1. The van der Waals surface area contributed by atoms with E-state index in [9.17, 15) is 14.7 Å². The molecule has 1 aromatic carbocycles. The number of ketones is 1. The topological polar surface area (TPSA) is 67.3 Å². The van der Waals surface area contributed by atoms with E-state index in [0.717, 1.165) is 5.56 Å². The highest BCUT2D eigenvalue weighted by Crippen LogP contribution is 2.13. The van der Waals surface area contributed by atoms with Gasteiger partial charge in [-0.25, -0.2) is 4.79 Å². The molecule has 0 saturated carbocycles. The highest BCUT2D eigenvalue weighted by atomic mass is 16.4. The van der Waals surface area contributed by atoms with Crippen molar-refractivity contribution in [3.63, 3.8) is 0 Å². The summed E-state index contributed by atoms with van der Waals surface area (Å²) >= 11 is 0. The number of carbonyl (C=O) groups excluding carboxylic acids is 1. The number of benzene rings is 1. The molecule has 2 aromatic rings. The Balaban J connectivity index is 2.42. The fourth-order valence-corrected chi connectivity index (χ4v) is 1.79. The summed E-state index contributed by atoms with van der Waals surface area (Å²) in [5.74, 6) is -1.76. The van der Waals surface area contributed by atoms with E-state index in [2.05, 4.69) is 4.98 Å². The van der Waals surface area contributed by atoms with E-state index in [0.29, 0.717) is 11.1 Å². The lowest BCUT2D eigenvalue weighted by atomic mass is 10.0. The van der Waals surface area contributed by atoms with Crippen molar-refractivity contribution >= 4 is 17.8 Å². The maximum atomic E-state index is 12.2. The Morgan fingerprint density at radius 2 is 1.85 bits per heavy atom. The molecular formula is C16H13NO3. The quantitative estimate of drug-likeness (QED) is 0.400. The first-order valence-electron chi connectivity index (χ1n) is 6.04. The Morgan fingerprint density at radius 1 is 1.15 bits per heavy atom. The van der Waals surface area contributed by atoms with Gasteiger partial charge in [0.05, 0.1) is 0 Å². The average Bonchev–Trinajstić information content (AvgIpc) is 2.45. The number of carboxylic acids is 1. The second-order valence-corrected chi connectivity index (χ2v) is 4.35. The number of Topliss-reactive ketones (excluding diaryl/α,β-unsaturated/α-hetero) is 1. The van der Waals surface area contributed by atoms with Gasteiger partial charge < -0.3 is 5.11 Å². The minimum Gasteiger partial charge on any atom is -0.478 e. The molecule has 0 aliphatic carbocycles. The molecule has 0 unspecified atom stereocenters. The van der Waals surface area contributed by atoms with Gasteiger partial charge in [-0.2, -0.15) is 0 Å². The van der Waals surface area contributed by atoms with Crippen LogP contribution in [-0.2, 0) is 4.79 Å². The van der Waals surface area contributed by atoms with Gasteiger partial charge in [0.15, 0.2) is 5.78 Å². The third-order valence-electron chi connectivity index (χ3n) is 2.72. The monoisotopic (exact) mass is 267 g/mol. The third kappa shape index (κ3) is 3.17. The molecule has 1 aromatic heterocycles. The first kappa shape index (κ1) is 13.7. The third-order valence-corrected chi connectivity index (χ3v) is 2.72. The number of aryl methyl sites for hydroxylation is 1. The Labute approximate surface area is 116 Å². The second-order valence-electron chi connectivity index (χ2n) is 4.35. The van der Waals surface area contributed by atoms with Crippen LogP contribution in [0.2, 0.25) is 0 Å². The summed E-state index contributed by atoms with van der Waals surface area (Å²) in [5, 5.41) is 9.23. The number of hydrogen-bond acceptors (Lipinski definition) is 3. The molecule has 0 fully saturated rings. The van der Waals surface area contributed by atoms with E-state index in [1.807, 2.05) is 6.92 Å². The molecule has 0 aliphatic heterocycles. The van der Waals surface area contributed by atoms with Crippen molar-refractivity contribution in [1.82, 2.24) is 4.98 Å². The van der Waals surface area contributed by atoms with E-state index in [1.54, 1.807) is 42.6 Å². The standard InChI is InChI=1S/C16H13NO3/c1-11-7-12(10-17-9-11)8-14(16(19)20)15(18)13-5-3-2-4-6-13/h2-10H,1H3,(H,19,20). The number of pyridine rings is 1. The number of aromatic nitrogens is 1. The highest BCUT2D eigenvalue weighted by molar-refractivity contribution is 6.26. The smallest absolute Gasteiger partial charge is 0.339 e. The Bertz CT molecular complexity index is 675. The molecule has 1 heterocycles. The van der Waals surface area contributed by atoms with Crippen molar-refractivity contribution in [3.05, 3.63) is 71.1 Å². The molecule has 0 aliphatic rings. The molecule has 100 valence electrons. The first-order valence-corrected chi connectivity index (χ1v) is 6.04. The molecule has 4 heteroatoms. The number of carboxylic acid groups (broad SMARTS) is 1. The SMILES string of the molecule is Cc1cncc(C=C(C(=O)O)C(=O)c2ccccc2)c1. The van der Waals surface area contributed by atoms with E-state index in [4.69, 9.17) is 0 Å². The Hall–Kier alpha value is -2.75. The summed E-state index contributed by atoms with van der Waals surface area (Å²) in [4.78, 5) is 27.5. The molecular weight excluding hydrogens is 254 g/mol. The van der Waals surface area contributed by atoms with Crippen LogP contribution in [0.5, 0.6) is 0 Å². The summed E-state index contributed by atoms with van der Waals surface area (Å²) in [6.45, 7) is 1.85. The molecule has 1 N–H and O–H groups in total. The van der Waals surface area contributed by atoms with Gasteiger partial charge >= 0.3 is 5.97 Å². The largest absolute Gasteiger partial charge is 0.478 e. The zero-order chi connectivity index (χ0) is 14.5. The molecule has 0 amide bonds. The fraction of sp³-hybridized carbons (Fsp3) is 0.0625. The molecule has 0 bridgehead atoms. The van der Waals surface area contributed by atoms with Gasteiger partial charge in [0.1, 0.15) is 5.57 Å². The van der Waals surface area contributed by atoms with Crippen LogP contribution < -0.4 is 0 Å². The van der Waals surface area contributed by atoms with Crippen LogP contribution >= 0.6 is 0 Å². The lowest BCUT2D eigenvalue weighted by Gasteiger charge is -2.03. The molecule has 4 nitrogen and oxygen atoms in total. The molecule has 2 rings (SSSR count). The first-order chi connectivity index (χ1) is 9.58. The minimum atomic E-state index is -1.25. The fourth-order valence-electron chi connectivity index (χ4n) is 1.79. The van der Waals surface area contributed by atoms with Gasteiger partial charge in [-0.1, -0.05) is 30.3 Å². The Morgan fingerprint density at radius 3 is 2.45 bits per heavy atom. The molecule has 20 heavy (non-hydrogen) atoms. The normalized spacial score (nSPS) is 11.2. The molecule has 0 spiro atoms. The van der Waals surface area contributed by atoms with Gasteiger partial charge in [0.25, 0.3) is 0 Å². The summed E-state index contributed by atoms with van der Waals surface area (Å²) in [6, 6.07) is 10.1. The van der Waals surface area contributed by atoms with Gasteiger partial charge in [-0.15, -0.1) is 0 Å². The van der Waals surface area contributed by atoms with E-state index in [-0.39, 0.29) is 5.57 Å². The zero-order valence-corrected chi connectivity index (χ0v) is 10.9. The van der Waals surface area contributed by atoms with E-state index in [1.165, 1.54) is 12.3 Å². The lowest BCUT2D eigenvalue weighted by Crippen LogP contribution is -2.12. The molecule has 0 radical (unpaired) electrons. The van der Waals surface area contributed by atoms with Gasteiger partial charge in [0, 0.05) is 18.0 Å². The van der Waals surface area contributed by atoms with Crippen molar-refractivity contribution in [1.29, 1.82) is 0 Å². The van der Waals surface area contributed by atoms with Crippen LogP contribution in [0.15, 0.2) is 54.4 Å². The zero-order valence-electron chi connectivity index (χ0n) is 10.9. The predicted molar refractivity (Wildman–Crippen MR) is 75.4 cm³/mol. The second kappa shape index (κ2) is 5.93. The summed E-state index contributed by atoms with van der Waals surface area (Å²) in [5.41, 5.74) is 1.56. The summed E-state index contributed by atoms with van der Waals surface area (Å²) in [7, 11) is 0. The van der Waals surface area contributed by atoms with Crippen LogP contribution in [-0.4, -0.2) is 21.8 Å². The minimum absolute atomic E-state index is 0.274. The lowest BCUT2D eigenvalue weighted by molar-refractivity contribution is -0.132. The number of aliphatic carboxylic acids is 1. The van der Waals surface area contributed by atoms with Crippen molar-refractivity contribution in [3.8, 4) is 0 Å². The maximum Gasteiger partial charge on any atom is 0.339 e. The van der Waals surface area contributed by atoms with Gasteiger partial charge in [-0.3, -0.25) is 9.78 Å². The molecule has 0 atom stereocenters. The van der Waals surface area contributed by atoms with Crippen LogP contribution in [0.1, 0.15) is 21.5 Å². The van der Waals surface area contributed by atoms with Crippen LogP contribution in [0.25, 0.3) is 6.08 Å². The van der Waals surface area contributed by atoms with Crippen molar-refractivity contribution in [2.24, 2.45) is 0 Å². The maximum absolute atomic E-state index is 12.2. The average molecular weight is 267 g/mol. The van der Waals surface area contributed by atoms with Crippen molar-refractivity contribution in [2.75, 3.05) is 0 Å². The van der Waals surface area contributed by atoms with Crippen LogP contribution in [0.4, 0.5) is 0 Å². The van der Waals surface area contributed by atoms with Crippen LogP contribution in [0, 0.1) is 6.92 Å². The van der Waals surface area contributed by atoms with Gasteiger partial charge in [-0.05, 0) is 30.2 Å².